The molecule has 0 aliphatic carbocycles. The van der Waals surface area contributed by atoms with Crippen LogP contribution >= 0.6 is 0 Å². The number of hydrogen-bond acceptors (Lipinski definition) is 6. The molecule has 4 aromatic carbocycles. The number of ether oxygens (including phenoxy) is 2. The highest BCUT2D eigenvalue weighted by molar-refractivity contribution is 6.21. The molecular weight excluding hydrogens is 518 g/mol. The van der Waals surface area contributed by atoms with Crippen molar-refractivity contribution in [2.24, 2.45) is 11.8 Å². The maximum Gasteiger partial charge on any atom is 0.343 e. The first-order valence-corrected chi connectivity index (χ1v) is 13.2. The second-order valence-corrected chi connectivity index (χ2v) is 9.73. The predicted molar refractivity (Wildman–Crippen MR) is 155 cm³/mol. The summed E-state index contributed by atoms with van der Waals surface area (Å²) in [5.41, 5.74) is 2.27. The summed E-state index contributed by atoms with van der Waals surface area (Å²) in [6.07, 6.45) is 3.28. The normalized spacial score (nSPS) is 16.7. The Morgan fingerprint density at radius 1 is 0.659 bits per heavy atom. The summed E-state index contributed by atoms with van der Waals surface area (Å²) in [4.78, 5) is 50.9. The van der Waals surface area contributed by atoms with Crippen molar-refractivity contribution in [1.82, 2.24) is 0 Å². The summed E-state index contributed by atoms with van der Waals surface area (Å²) in [6.45, 7) is 3.48. The molecule has 1 saturated heterocycles. The molecule has 0 spiro atoms. The third-order valence-electron chi connectivity index (χ3n) is 6.97. The summed E-state index contributed by atoms with van der Waals surface area (Å²) < 4.78 is 11.3. The first kappa shape index (κ1) is 27.3. The van der Waals surface area contributed by atoms with E-state index in [4.69, 9.17) is 9.47 Å². The number of carbonyl (C=O) groups excluding carboxylic acids is 4. The van der Waals surface area contributed by atoms with Crippen LogP contribution in [-0.2, 0) is 9.59 Å². The zero-order chi connectivity index (χ0) is 28.9. The van der Waals surface area contributed by atoms with Crippen molar-refractivity contribution in [2.45, 2.75) is 13.8 Å². The number of imide groups is 1. The van der Waals surface area contributed by atoms with Crippen molar-refractivity contribution in [3.63, 3.8) is 0 Å². The standard InChI is InChI=1S/C34H27NO6/c1-22-23(2)33(38)35(32(22)37)27-13-19-30(20-14-27)41-34(39)26-11-17-29(18-12-26)40-28-15-8-24(9-16-28)10-21-31(36)25-6-4-3-5-7-25/h3-23H,1-2H3/b21-10+. The van der Waals surface area contributed by atoms with Gasteiger partial charge < -0.3 is 9.47 Å². The number of rotatable bonds is 8. The maximum absolute atomic E-state index is 12.6. The van der Waals surface area contributed by atoms with Gasteiger partial charge in [0.2, 0.25) is 11.8 Å². The Labute approximate surface area is 237 Å². The Balaban J connectivity index is 1.16. The van der Waals surface area contributed by atoms with E-state index >= 15 is 0 Å². The minimum absolute atomic E-state index is 0.0686. The number of esters is 1. The molecule has 2 unspecified atom stereocenters. The van der Waals surface area contributed by atoms with E-state index in [2.05, 4.69) is 0 Å². The Kier molecular flexibility index (Phi) is 7.87. The number of amides is 2. The minimum Gasteiger partial charge on any atom is -0.457 e. The Morgan fingerprint density at radius 2 is 1.20 bits per heavy atom. The Hall–Kier alpha value is -5.30. The highest BCUT2D eigenvalue weighted by Crippen LogP contribution is 2.31. The van der Waals surface area contributed by atoms with E-state index in [1.807, 2.05) is 30.3 Å². The second kappa shape index (κ2) is 11.8. The first-order chi connectivity index (χ1) is 19.8. The molecule has 0 saturated carbocycles. The summed E-state index contributed by atoms with van der Waals surface area (Å²) in [6, 6.07) is 29.1. The van der Waals surface area contributed by atoms with Crippen LogP contribution in [0.3, 0.4) is 0 Å². The molecule has 41 heavy (non-hydrogen) atoms. The maximum atomic E-state index is 12.6. The van der Waals surface area contributed by atoms with Crippen molar-refractivity contribution < 1.29 is 28.7 Å². The lowest BCUT2D eigenvalue weighted by Gasteiger charge is -2.15. The highest BCUT2D eigenvalue weighted by Gasteiger charge is 2.43. The van der Waals surface area contributed by atoms with E-state index in [1.54, 1.807) is 92.7 Å². The van der Waals surface area contributed by atoms with Gasteiger partial charge in [-0.25, -0.2) is 4.79 Å². The number of ketones is 1. The van der Waals surface area contributed by atoms with Crippen molar-refractivity contribution in [2.75, 3.05) is 4.90 Å². The molecule has 4 aromatic rings. The zero-order valence-electron chi connectivity index (χ0n) is 22.5. The number of anilines is 1. The molecule has 0 radical (unpaired) electrons. The molecule has 2 amide bonds. The average molecular weight is 546 g/mol. The zero-order valence-corrected chi connectivity index (χ0v) is 22.5. The van der Waals surface area contributed by atoms with Crippen LogP contribution in [0.15, 0.2) is 109 Å². The van der Waals surface area contributed by atoms with Gasteiger partial charge in [-0.1, -0.05) is 62.4 Å². The van der Waals surface area contributed by atoms with Crippen molar-refractivity contribution in [1.29, 1.82) is 0 Å². The summed E-state index contributed by atoms with van der Waals surface area (Å²) in [7, 11) is 0. The highest BCUT2D eigenvalue weighted by atomic mass is 16.5. The molecule has 1 heterocycles. The fraction of sp³-hybridized carbons (Fsp3) is 0.118. The number of hydrogen-bond donors (Lipinski definition) is 0. The molecule has 7 nitrogen and oxygen atoms in total. The molecule has 204 valence electrons. The van der Waals surface area contributed by atoms with E-state index < -0.39 is 5.97 Å². The molecule has 0 aromatic heterocycles. The van der Waals surface area contributed by atoms with Gasteiger partial charge in [0.05, 0.1) is 11.3 Å². The van der Waals surface area contributed by atoms with Gasteiger partial charge in [0, 0.05) is 17.4 Å². The van der Waals surface area contributed by atoms with Gasteiger partial charge in [0.25, 0.3) is 0 Å². The van der Waals surface area contributed by atoms with Gasteiger partial charge in [-0.15, -0.1) is 0 Å². The van der Waals surface area contributed by atoms with Gasteiger partial charge in [-0.3, -0.25) is 19.3 Å². The van der Waals surface area contributed by atoms with Crippen LogP contribution in [0.4, 0.5) is 5.69 Å². The van der Waals surface area contributed by atoms with Gasteiger partial charge in [-0.05, 0) is 72.3 Å². The van der Waals surface area contributed by atoms with Crippen LogP contribution in [0.25, 0.3) is 6.08 Å². The SMILES string of the molecule is CC1C(=O)N(c2ccc(OC(=O)c3ccc(Oc4ccc(/C=C/C(=O)c5ccccc5)cc4)cc3)cc2)C(=O)C1C. The van der Waals surface area contributed by atoms with Crippen LogP contribution in [0.2, 0.25) is 0 Å². The van der Waals surface area contributed by atoms with Crippen LogP contribution < -0.4 is 14.4 Å². The molecule has 1 aliphatic rings. The minimum atomic E-state index is -0.555. The lowest BCUT2D eigenvalue weighted by Crippen LogP contribution is -2.30. The van der Waals surface area contributed by atoms with E-state index in [0.717, 1.165) is 5.56 Å². The molecule has 5 rings (SSSR count). The monoisotopic (exact) mass is 545 g/mol. The largest absolute Gasteiger partial charge is 0.457 e. The molecule has 2 atom stereocenters. The predicted octanol–water partition coefficient (Wildman–Crippen LogP) is 6.74. The summed E-state index contributed by atoms with van der Waals surface area (Å²) >= 11 is 0. The molecule has 0 bridgehead atoms. The van der Waals surface area contributed by atoms with Crippen LogP contribution in [-0.4, -0.2) is 23.6 Å². The lowest BCUT2D eigenvalue weighted by atomic mass is 10.00. The van der Waals surface area contributed by atoms with Crippen molar-refractivity contribution in [3.8, 4) is 17.2 Å². The van der Waals surface area contributed by atoms with E-state index in [-0.39, 0.29) is 29.4 Å². The van der Waals surface area contributed by atoms with Crippen LogP contribution in [0, 0.1) is 11.8 Å². The number of nitrogens with zero attached hydrogens (tertiary/aromatic N) is 1. The molecule has 0 N–H and O–H groups in total. The van der Waals surface area contributed by atoms with Crippen LogP contribution in [0.1, 0.15) is 40.1 Å². The Morgan fingerprint density at radius 3 is 1.78 bits per heavy atom. The van der Waals surface area contributed by atoms with Crippen molar-refractivity contribution in [3.05, 3.63) is 126 Å². The molecule has 1 aliphatic heterocycles. The average Bonchev–Trinajstić information content (AvgIpc) is 3.19. The number of allylic oxidation sites excluding steroid dienone is 1. The van der Waals surface area contributed by atoms with E-state index in [0.29, 0.717) is 34.1 Å². The van der Waals surface area contributed by atoms with E-state index in [1.165, 1.54) is 11.0 Å². The second-order valence-electron chi connectivity index (χ2n) is 9.73. The third kappa shape index (κ3) is 6.15. The third-order valence-corrected chi connectivity index (χ3v) is 6.97. The van der Waals surface area contributed by atoms with Gasteiger partial charge in [-0.2, -0.15) is 0 Å². The first-order valence-electron chi connectivity index (χ1n) is 13.2. The smallest absolute Gasteiger partial charge is 0.343 e. The van der Waals surface area contributed by atoms with Crippen molar-refractivity contribution >= 4 is 35.3 Å². The summed E-state index contributed by atoms with van der Waals surface area (Å²) in [5.74, 6) is -0.407. The Bertz CT molecular complexity index is 1590. The molecule has 7 heteroatoms. The van der Waals surface area contributed by atoms with Gasteiger partial charge >= 0.3 is 5.97 Å². The fourth-order valence-corrected chi connectivity index (χ4v) is 4.34. The van der Waals surface area contributed by atoms with Gasteiger partial charge in [0.1, 0.15) is 17.2 Å². The number of benzene rings is 4. The molecule has 1 fully saturated rings. The summed E-state index contributed by atoms with van der Waals surface area (Å²) in [5, 5.41) is 0. The van der Waals surface area contributed by atoms with Crippen LogP contribution in [0.5, 0.6) is 17.2 Å². The quantitative estimate of drug-likeness (QED) is 0.0801. The fourth-order valence-electron chi connectivity index (χ4n) is 4.34. The van der Waals surface area contributed by atoms with E-state index in [9.17, 15) is 19.2 Å². The lowest BCUT2D eigenvalue weighted by molar-refractivity contribution is -0.122. The van der Waals surface area contributed by atoms with Gasteiger partial charge in [0.15, 0.2) is 5.78 Å². The topological polar surface area (TPSA) is 90.0 Å². The number of carbonyl (C=O) groups is 4. The molecular formula is C34H27NO6.